The third-order valence-electron chi connectivity index (χ3n) is 4.19. The van der Waals surface area contributed by atoms with E-state index < -0.39 is 0 Å². The van der Waals surface area contributed by atoms with Crippen molar-refractivity contribution in [1.29, 1.82) is 0 Å². The van der Waals surface area contributed by atoms with Gasteiger partial charge in [0, 0.05) is 17.5 Å². The third-order valence-corrected chi connectivity index (χ3v) is 4.19. The van der Waals surface area contributed by atoms with Crippen molar-refractivity contribution < 1.29 is 9.84 Å². The van der Waals surface area contributed by atoms with Gasteiger partial charge in [-0.05, 0) is 44.5 Å². The molecule has 0 amide bonds. The van der Waals surface area contributed by atoms with Gasteiger partial charge in [0.1, 0.15) is 0 Å². The molecule has 1 N–H and O–H groups in total. The van der Waals surface area contributed by atoms with Crippen LogP contribution in [0.25, 0.3) is 0 Å². The molecule has 0 aliphatic carbocycles. The Balaban J connectivity index is 1.98. The molecule has 1 aliphatic rings. The normalized spacial score (nSPS) is 20.0. The molecule has 0 saturated carbocycles. The summed E-state index contributed by atoms with van der Waals surface area (Å²) in [6.07, 6.45) is 3.58. The third kappa shape index (κ3) is 4.42. The summed E-state index contributed by atoms with van der Waals surface area (Å²) in [5.74, 6) is 0.632. The highest BCUT2D eigenvalue weighted by atomic mass is 16.5. The van der Waals surface area contributed by atoms with Crippen molar-refractivity contribution >= 4 is 0 Å². The average Bonchev–Trinajstić information content (AvgIpc) is 2.83. The highest BCUT2D eigenvalue weighted by Gasteiger charge is 2.21. The Morgan fingerprint density at radius 1 is 1.38 bits per heavy atom. The fourth-order valence-corrected chi connectivity index (χ4v) is 2.75. The van der Waals surface area contributed by atoms with Gasteiger partial charge in [0.05, 0.1) is 18.9 Å². The number of aliphatic hydroxyl groups is 1. The Morgan fingerprint density at radius 2 is 2.14 bits per heavy atom. The molecule has 1 saturated heterocycles. The lowest BCUT2D eigenvalue weighted by atomic mass is 9.91. The van der Waals surface area contributed by atoms with Crippen molar-refractivity contribution in [2.75, 3.05) is 20.2 Å². The molecular formula is C17H28N2O2. The lowest BCUT2D eigenvalue weighted by Gasteiger charge is -2.21. The van der Waals surface area contributed by atoms with E-state index in [9.17, 15) is 5.11 Å². The predicted molar refractivity (Wildman–Crippen MR) is 84.6 cm³/mol. The molecule has 1 fully saturated rings. The van der Waals surface area contributed by atoms with Crippen LogP contribution in [0, 0.1) is 0 Å². The van der Waals surface area contributed by atoms with Crippen LogP contribution in [0.15, 0.2) is 12.1 Å². The highest BCUT2D eigenvalue weighted by molar-refractivity contribution is 5.28. The molecule has 118 valence electrons. The van der Waals surface area contributed by atoms with Crippen LogP contribution in [0.3, 0.4) is 0 Å². The highest BCUT2D eigenvalue weighted by Crippen LogP contribution is 2.25. The topological polar surface area (TPSA) is 45.6 Å². The van der Waals surface area contributed by atoms with Crippen LogP contribution in [-0.2, 0) is 12.0 Å². The first-order valence-corrected chi connectivity index (χ1v) is 7.85. The van der Waals surface area contributed by atoms with E-state index in [1.54, 1.807) is 0 Å². The maximum absolute atomic E-state index is 9.39. The summed E-state index contributed by atoms with van der Waals surface area (Å²) < 4.78 is 5.85. The molecule has 0 radical (unpaired) electrons. The Morgan fingerprint density at radius 3 is 2.71 bits per heavy atom. The zero-order valence-electron chi connectivity index (χ0n) is 13.7. The molecule has 0 aromatic carbocycles. The molecule has 2 rings (SSSR count). The smallest absolute Gasteiger partial charge is 0.213 e. The first-order chi connectivity index (χ1) is 9.90. The van der Waals surface area contributed by atoms with Crippen molar-refractivity contribution in [3.8, 4) is 5.88 Å². The maximum atomic E-state index is 9.39. The minimum absolute atomic E-state index is 0.0212. The van der Waals surface area contributed by atoms with E-state index in [1.165, 1.54) is 19.4 Å². The quantitative estimate of drug-likeness (QED) is 0.906. The standard InChI is InChI=1S/C17H28N2O2/c1-17(2,3)15-10-13(12-20)11-16(18-15)21-9-7-14-6-5-8-19(14)4/h10-11,14,20H,5-9,12H2,1-4H3. The number of ether oxygens (including phenoxy) is 1. The number of aromatic nitrogens is 1. The van der Waals surface area contributed by atoms with Gasteiger partial charge in [0.2, 0.25) is 5.88 Å². The number of nitrogens with zero attached hydrogens (tertiary/aromatic N) is 2. The molecule has 0 spiro atoms. The summed E-state index contributed by atoms with van der Waals surface area (Å²) in [7, 11) is 2.18. The van der Waals surface area contributed by atoms with E-state index in [1.807, 2.05) is 12.1 Å². The van der Waals surface area contributed by atoms with E-state index in [0.29, 0.717) is 18.5 Å². The summed E-state index contributed by atoms with van der Waals surface area (Å²) in [5, 5.41) is 9.39. The molecule has 1 aliphatic heterocycles. The van der Waals surface area contributed by atoms with Crippen molar-refractivity contribution in [3.63, 3.8) is 0 Å². The lowest BCUT2D eigenvalue weighted by Crippen LogP contribution is -2.26. The number of rotatable bonds is 5. The Labute approximate surface area is 128 Å². The number of hydrogen-bond acceptors (Lipinski definition) is 4. The Kier molecular flexibility index (Phi) is 5.22. The molecule has 2 heterocycles. The number of likely N-dealkylation sites (tertiary alicyclic amines) is 1. The van der Waals surface area contributed by atoms with Gasteiger partial charge in [-0.2, -0.15) is 0 Å². The van der Waals surface area contributed by atoms with E-state index in [0.717, 1.165) is 17.7 Å². The van der Waals surface area contributed by atoms with Gasteiger partial charge in [-0.25, -0.2) is 4.98 Å². The number of pyridine rings is 1. The fourth-order valence-electron chi connectivity index (χ4n) is 2.75. The minimum atomic E-state index is -0.0467. The Bertz CT molecular complexity index is 468. The van der Waals surface area contributed by atoms with Gasteiger partial charge in [-0.15, -0.1) is 0 Å². The lowest BCUT2D eigenvalue weighted by molar-refractivity contribution is 0.226. The molecular weight excluding hydrogens is 264 g/mol. The predicted octanol–water partition coefficient (Wildman–Crippen LogP) is 2.73. The molecule has 1 atom stereocenters. The van der Waals surface area contributed by atoms with Gasteiger partial charge in [-0.1, -0.05) is 20.8 Å². The molecule has 1 aromatic rings. The van der Waals surface area contributed by atoms with E-state index in [4.69, 9.17) is 4.74 Å². The second-order valence-electron chi connectivity index (χ2n) is 7.02. The molecule has 21 heavy (non-hydrogen) atoms. The second kappa shape index (κ2) is 6.75. The molecule has 1 unspecified atom stereocenters. The van der Waals surface area contributed by atoms with E-state index in [-0.39, 0.29) is 12.0 Å². The summed E-state index contributed by atoms with van der Waals surface area (Å²) in [6.45, 7) is 8.25. The molecule has 0 bridgehead atoms. The van der Waals surface area contributed by atoms with Crippen LogP contribution in [0.4, 0.5) is 0 Å². The van der Waals surface area contributed by atoms with Crippen molar-refractivity contribution in [1.82, 2.24) is 9.88 Å². The largest absolute Gasteiger partial charge is 0.478 e. The zero-order chi connectivity index (χ0) is 15.5. The first-order valence-electron chi connectivity index (χ1n) is 7.85. The van der Waals surface area contributed by atoms with Crippen LogP contribution >= 0.6 is 0 Å². The van der Waals surface area contributed by atoms with Crippen LogP contribution in [0.1, 0.15) is 51.3 Å². The van der Waals surface area contributed by atoms with Crippen LogP contribution in [-0.4, -0.2) is 41.2 Å². The number of aliphatic hydroxyl groups excluding tert-OH is 1. The van der Waals surface area contributed by atoms with E-state index in [2.05, 4.69) is 37.7 Å². The second-order valence-corrected chi connectivity index (χ2v) is 7.02. The zero-order valence-corrected chi connectivity index (χ0v) is 13.7. The van der Waals surface area contributed by atoms with Gasteiger partial charge in [-0.3, -0.25) is 0 Å². The van der Waals surface area contributed by atoms with Gasteiger partial charge < -0.3 is 14.7 Å². The van der Waals surface area contributed by atoms with Gasteiger partial charge in [0.25, 0.3) is 0 Å². The maximum Gasteiger partial charge on any atom is 0.213 e. The van der Waals surface area contributed by atoms with Crippen molar-refractivity contribution in [3.05, 3.63) is 23.4 Å². The van der Waals surface area contributed by atoms with Gasteiger partial charge in [0.15, 0.2) is 0 Å². The SMILES string of the molecule is CN1CCCC1CCOc1cc(CO)cc(C(C)(C)C)n1. The molecule has 4 heteroatoms. The fraction of sp³-hybridized carbons (Fsp3) is 0.706. The minimum Gasteiger partial charge on any atom is -0.478 e. The summed E-state index contributed by atoms with van der Waals surface area (Å²) in [6, 6.07) is 4.43. The molecule has 1 aromatic heterocycles. The van der Waals surface area contributed by atoms with Crippen LogP contribution < -0.4 is 4.74 Å². The summed E-state index contributed by atoms with van der Waals surface area (Å²) in [4.78, 5) is 6.99. The van der Waals surface area contributed by atoms with Crippen molar-refractivity contribution in [2.24, 2.45) is 0 Å². The summed E-state index contributed by atoms with van der Waals surface area (Å²) >= 11 is 0. The first kappa shape index (κ1) is 16.2. The average molecular weight is 292 g/mol. The number of hydrogen-bond donors (Lipinski definition) is 1. The monoisotopic (exact) mass is 292 g/mol. The van der Waals surface area contributed by atoms with Crippen LogP contribution in [0.2, 0.25) is 0 Å². The molecule has 4 nitrogen and oxygen atoms in total. The summed E-state index contributed by atoms with van der Waals surface area (Å²) in [5.41, 5.74) is 1.78. The van der Waals surface area contributed by atoms with Crippen LogP contribution in [0.5, 0.6) is 5.88 Å². The Hall–Kier alpha value is -1.13. The van der Waals surface area contributed by atoms with Gasteiger partial charge >= 0.3 is 0 Å². The van der Waals surface area contributed by atoms with Crippen molar-refractivity contribution in [2.45, 2.75) is 58.1 Å². The van der Waals surface area contributed by atoms with E-state index >= 15 is 0 Å².